The van der Waals surface area contributed by atoms with Crippen molar-refractivity contribution >= 4 is 21.9 Å². The number of rotatable bonds is 4. The van der Waals surface area contributed by atoms with Gasteiger partial charge in [0.15, 0.2) is 0 Å². The molecule has 1 atom stereocenters. The highest BCUT2D eigenvalue weighted by atomic mass is 79.9. The van der Waals surface area contributed by atoms with Gasteiger partial charge in [0.2, 0.25) is 6.10 Å². The summed E-state index contributed by atoms with van der Waals surface area (Å²) in [5.74, 6) is -0.385. The highest BCUT2D eigenvalue weighted by Crippen LogP contribution is 2.40. The minimum absolute atomic E-state index is 0.136. The van der Waals surface area contributed by atoms with Gasteiger partial charge in [-0.05, 0) is 64.7 Å². The van der Waals surface area contributed by atoms with E-state index in [2.05, 4.69) is 43.6 Å². The molecule has 1 fully saturated rings. The van der Waals surface area contributed by atoms with Crippen molar-refractivity contribution in [2.24, 2.45) is 0 Å². The Labute approximate surface area is 147 Å². The van der Waals surface area contributed by atoms with Crippen LogP contribution in [0.5, 0.6) is 0 Å². The Morgan fingerprint density at radius 2 is 1.65 bits per heavy atom. The molecule has 1 aliphatic rings. The molecular formula is C18H26BrNO3. The molecule has 0 radical (unpaired) electrons. The molecule has 1 aromatic carbocycles. The Morgan fingerprint density at radius 3 is 2.13 bits per heavy atom. The van der Waals surface area contributed by atoms with E-state index in [4.69, 9.17) is 9.57 Å². The molecule has 0 amide bonds. The third-order valence-electron chi connectivity index (χ3n) is 4.48. The van der Waals surface area contributed by atoms with Crippen LogP contribution in [0.25, 0.3) is 0 Å². The van der Waals surface area contributed by atoms with Gasteiger partial charge in [0, 0.05) is 15.6 Å². The molecule has 0 saturated carbocycles. The SMILES string of the molecule is COC(=O)C(ON1C(C)(C)CCCC1(C)C)c1ccc(Br)cc1. The van der Waals surface area contributed by atoms with E-state index in [1.54, 1.807) is 0 Å². The maximum absolute atomic E-state index is 12.3. The van der Waals surface area contributed by atoms with Crippen LogP contribution in [0, 0.1) is 0 Å². The van der Waals surface area contributed by atoms with E-state index < -0.39 is 6.10 Å². The van der Waals surface area contributed by atoms with Crippen LogP contribution in [0.1, 0.15) is 58.6 Å². The van der Waals surface area contributed by atoms with Crippen molar-refractivity contribution in [1.29, 1.82) is 0 Å². The lowest BCUT2D eigenvalue weighted by Gasteiger charge is -2.52. The summed E-state index contributed by atoms with van der Waals surface area (Å²) in [7, 11) is 1.39. The molecule has 23 heavy (non-hydrogen) atoms. The van der Waals surface area contributed by atoms with Crippen LogP contribution in [0.4, 0.5) is 0 Å². The Hall–Kier alpha value is -0.910. The van der Waals surface area contributed by atoms with E-state index in [-0.39, 0.29) is 17.0 Å². The number of nitrogens with zero attached hydrogens (tertiary/aromatic N) is 1. The first-order valence-corrected chi connectivity index (χ1v) is 8.77. The van der Waals surface area contributed by atoms with E-state index >= 15 is 0 Å². The lowest BCUT2D eigenvalue weighted by Crippen LogP contribution is -2.58. The first-order chi connectivity index (χ1) is 10.7. The number of carbonyl (C=O) groups excluding carboxylic acids is 1. The zero-order valence-electron chi connectivity index (χ0n) is 14.6. The number of methoxy groups -OCH3 is 1. The Kier molecular flexibility index (Phi) is 5.54. The normalized spacial score (nSPS) is 21.7. The predicted molar refractivity (Wildman–Crippen MR) is 93.8 cm³/mol. The second kappa shape index (κ2) is 6.91. The van der Waals surface area contributed by atoms with Gasteiger partial charge < -0.3 is 4.74 Å². The zero-order chi connectivity index (χ0) is 17.3. The number of esters is 1. The molecular weight excluding hydrogens is 358 g/mol. The first-order valence-electron chi connectivity index (χ1n) is 7.98. The van der Waals surface area contributed by atoms with E-state index in [9.17, 15) is 4.79 Å². The number of carbonyl (C=O) groups is 1. The maximum atomic E-state index is 12.3. The average molecular weight is 384 g/mol. The molecule has 0 N–H and O–H groups in total. The molecule has 1 aliphatic heterocycles. The summed E-state index contributed by atoms with van der Waals surface area (Å²) in [6.45, 7) is 8.63. The van der Waals surface area contributed by atoms with E-state index in [0.29, 0.717) is 0 Å². The van der Waals surface area contributed by atoms with Gasteiger partial charge in [-0.25, -0.2) is 4.79 Å². The fourth-order valence-corrected chi connectivity index (χ4v) is 3.62. The van der Waals surface area contributed by atoms with Gasteiger partial charge in [0.05, 0.1) is 7.11 Å². The summed E-state index contributed by atoms with van der Waals surface area (Å²) in [6, 6.07) is 7.58. The minimum Gasteiger partial charge on any atom is -0.467 e. The first kappa shape index (κ1) is 18.4. The summed E-state index contributed by atoms with van der Waals surface area (Å²) >= 11 is 3.42. The van der Waals surface area contributed by atoms with Gasteiger partial charge in [-0.3, -0.25) is 4.84 Å². The number of hydrogen-bond donors (Lipinski definition) is 0. The van der Waals surface area contributed by atoms with Gasteiger partial charge in [-0.15, -0.1) is 0 Å². The molecule has 1 aromatic rings. The summed E-state index contributed by atoms with van der Waals surface area (Å²) < 4.78 is 5.93. The van der Waals surface area contributed by atoms with Crippen LogP contribution >= 0.6 is 15.9 Å². The number of ether oxygens (including phenoxy) is 1. The number of piperidine rings is 1. The van der Waals surface area contributed by atoms with Crippen LogP contribution in [0.2, 0.25) is 0 Å². The molecule has 2 rings (SSSR count). The van der Waals surface area contributed by atoms with Crippen molar-refractivity contribution < 1.29 is 14.4 Å². The molecule has 4 nitrogen and oxygen atoms in total. The quantitative estimate of drug-likeness (QED) is 0.709. The second-order valence-electron chi connectivity index (χ2n) is 7.33. The van der Waals surface area contributed by atoms with Crippen LogP contribution in [0.15, 0.2) is 28.7 Å². The third-order valence-corrected chi connectivity index (χ3v) is 5.00. The third kappa shape index (κ3) is 4.14. The van der Waals surface area contributed by atoms with Crippen LogP contribution in [0.3, 0.4) is 0 Å². The summed E-state index contributed by atoms with van der Waals surface area (Å²) in [5, 5.41) is 1.99. The Bertz CT molecular complexity index is 538. The van der Waals surface area contributed by atoms with Gasteiger partial charge in [-0.2, -0.15) is 5.06 Å². The number of halogens is 1. The van der Waals surface area contributed by atoms with Crippen molar-refractivity contribution in [1.82, 2.24) is 5.06 Å². The predicted octanol–water partition coefficient (Wildman–Crippen LogP) is 4.64. The van der Waals surface area contributed by atoms with Crippen molar-refractivity contribution in [2.45, 2.75) is 64.1 Å². The van der Waals surface area contributed by atoms with E-state index in [1.165, 1.54) is 7.11 Å². The second-order valence-corrected chi connectivity index (χ2v) is 8.25. The van der Waals surface area contributed by atoms with Crippen LogP contribution in [-0.2, 0) is 14.4 Å². The van der Waals surface area contributed by atoms with Crippen molar-refractivity contribution in [3.05, 3.63) is 34.3 Å². The molecule has 0 spiro atoms. The molecule has 1 heterocycles. The summed E-state index contributed by atoms with van der Waals surface area (Å²) in [6.07, 6.45) is 2.46. The lowest BCUT2D eigenvalue weighted by atomic mass is 9.82. The summed E-state index contributed by atoms with van der Waals surface area (Å²) in [4.78, 5) is 18.6. The van der Waals surface area contributed by atoms with Crippen LogP contribution < -0.4 is 0 Å². The monoisotopic (exact) mass is 383 g/mol. The van der Waals surface area contributed by atoms with Crippen molar-refractivity contribution in [3.63, 3.8) is 0 Å². The van der Waals surface area contributed by atoms with Gasteiger partial charge in [0.1, 0.15) is 0 Å². The number of benzene rings is 1. The molecule has 5 heteroatoms. The van der Waals surface area contributed by atoms with E-state index in [0.717, 1.165) is 29.3 Å². The van der Waals surface area contributed by atoms with Crippen molar-refractivity contribution in [2.75, 3.05) is 7.11 Å². The molecule has 0 aromatic heterocycles. The lowest BCUT2D eigenvalue weighted by molar-refractivity contribution is -0.304. The maximum Gasteiger partial charge on any atom is 0.341 e. The molecule has 1 saturated heterocycles. The standard InChI is InChI=1S/C18H26BrNO3/c1-17(2)11-6-12-18(3,4)20(17)23-15(16(21)22-5)13-7-9-14(19)10-8-13/h7-10,15H,6,11-12H2,1-5H3. The zero-order valence-corrected chi connectivity index (χ0v) is 16.1. The van der Waals surface area contributed by atoms with Crippen molar-refractivity contribution in [3.8, 4) is 0 Å². The number of hydroxylamine groups is 2. The number of hydrogen-bond acceptors (Lipinski definition) is 4. The largest absolute Gasteiger partial charge is 0.467 e. The smallest absolute Gasteiger partial charge is 0.341 e. The molecule has 0 bridgehead atoms. The van der Waals surface area contributed by atoms with Gasteiger partial charge in [0.25, 0.3) is 0 Å². The van der Waals surface area contributed by atoms with E-state index in [1.807, 2.05) is 29.3 Å². The highest BCUT2D eigenvalue weighted by Gasteiger charge is 2.44. The van der Waals surface area contributed by atoms with Crippen LogP contribution in [-0.4, -0.2) is 29.2 Å². The minimum atomic E-state index is -0.759. The summed E-state index contributed by atoms with van der Waals surface area (Å²) in [5.41, 5.74) is 0.518. The molecule has 0 aliphatic carbocycles. The fraction of sp³-hybridized carbons (Fsp3) is 0.611. The average Bonchev–Trinajstić information content (AvgIpc) is 2.46. The molecule has 128 valence electrons. The highest BCUT2D eigenvalue weighted by molar-refractivity contribution is 9.10. The fourth-order valence-electron chi connectivity index (χ4n) is 3.35. The molecule has 1 unspecified atom stereocenters. The Balaban J connectivity index is 2.33. The van der Waals surface area contributed by atoms with Gasteiger partial charge in [-0.1, -0.05) is 28.1 Å². The topological polar surface area (TPSA) is 38.8 Å². The Morgan fingerprint density at radius 1 is 1.13 bits per heavy atom. The van der Waals surface area contributed by atoms with Gasteiger partial charge >= 0.3 is 5.97 Å².